The van der Waals surface area contributed by atoms with Gasteiger partial charge in [0.2, 0.25) is 11.8 Å². The number of unbranched alkanes of at least 4 members (excludes halogenated alkanes) is 1. The first kappa shape index (κ1) is 33.9. The minimum atomic E-state index is -3.18. The van der Waals surface area contributed by atoms with E-state index in [0.717, 1.165) is 36.5 Å². The number of hydrogen-bond acceptors (Lipinski definition) is 8. The average molecular weight is 635 g/mol. The lowest BCUT2D eigenvalue weighted by atomic mass is 9.96. The van der Waals surface area contributed by atoms with Gasteiger partial charge in [-0.2, -0.15) is 0 Å². The van der Waals surface area contributed by atoms with E-state index < -0.39 is 53.5 Å². The smallest absolute Gasteiger partial charge is 0.336 e. The van der Waals surface area contributed by atoms with E-state index in [1.165, 1.54) is 31.9 Å². The molecule has 0 spiro atoms. The summed E-state index contributed by atoms with van der Waals surface area (Å²) >= 11 is 0. The van der Waals surface area contributed by atoms with Gasteiger partial charge in [-0.3, -0.25) is 29.0 Å². The van der Waals surface area contributed by atoms with E-state index in [1.54, 1.807) is 0 Å². The Labute approximate surface area is 257 Å². The number of nitrogens with zero attached hydrogens (tertiary/aromatic N) is 2. The zero-order valence-corrected chi connectivity index (χ0v) is 25.6. The lowest BCUT2D eigenvalue weighted by molar-refractivity contribution is -0.133. The highest BCUT2D eigenvalue weighted by Gasteiger charge is 2.40. The molecule has 1 unspecified atom stereocenters. The molecule has 0 aromatic carbocycles. The van der Waals surface area contributed by atoms with Crippen LogP contribution in [-0.4, -0.2) is 58.6 Å². The van der Waals surface area contributed by atoms with Crippen LogP contribution in [0.2, 0.25) is 0 Å². The van der Waals surface area contributed by atoms with E-state index in [2.05, 4.69) is 0 Å². The van der Waals surface area contributed by atoms with Crippen molar-refractivity contribution in [2.45, 2.75) is 97.1 Å². The SMILES string of the molecule is CC(F)CN1C(=O)Cc2oc(=O)cc(CCCC3CC3)c2C1=O.CCCCc1cc(=O)oc2c1C(=O)N(CC(C)(F)F)C(=O)C2. The van der Waals surface area contributed by atoms with Crippen molar-refractivity contribution in [3.05, 3.63) is 66.7 Å². The average Bonchev–Trinajstić information content (AvgIpc) is 3.75. The summed E-state index contributed by atoms with van der Waals surface area (Å²) in [5, 5.41) is 0. The first-order chi connectivity index (χ1) is 21.2. The third kappa shape index (κ3) is 8.58. The zero-order chi connectivity index (χ0) is 33.1. The van der Waals surface area contributed by atoms with Gasteiger partial charge in [0.05, 0.1) is 37.1 Å². The number of rotatable bonds is 11. The van der Waals surface area contributed by atoms with Gasteiger partial charge in [0.15, 0.2) is 0 Å². The first-order valence-corrected chi connectivity index (χ1v) is 15.2. The lowest BCUT2D eigenvalue weighted by Gasteiger charge is -2.29. The molecule has 13 heteroatoms. The molecule has 0 N–H and O–H groups in total. The minimum Gasteiger partial charge on any atom is -0.426 e. The Kier molecular flexibility index (Phi) is 10.5. The second-order valence-corrected chi connectivity index (χ2v) is 12.0. The summed E-state index contributed by atoms with van der Waals surface area (Å²) in [6.07, 6.45) is 5.30. The van der Waals surface area contributed by atoms with Crippen LogP contribution in [0.5, 0.6) is 0 Å². The van der Waals surface area contributed by atoms with Crippen LogP contribution in [0.15, 0.2) is 30.6 Å². The fourth-order valence-electron chi connectivity index (χ4n) is 5.54. The summed E-state index contributed by atoms with van der Waals surface area (Å²) in [5.74, 6) is -4.98. The van der Waals surface area contributed by atoms with Gasteiger partial charge < -0.3 is 8.83 Å². The molecule has 4 amide bonds. The van der Waals surface area contributed by atoms with Crippen LogP contribution in [-0.2, 0) is 35.3 Å². The third-order valence-corrected chi connectivity index (χ3v) is 7.80. The number of carbonyl (C=O) groups is 4. The number of hydrogen-bond donors (Lipinski definition) is 0. The first-order valence-electron chi connectivity index (χ1n) is 15.2. The summed E-state index contributed by atoms with van der Waals surface area (Å²) in [7, 11) is 0. The van der Waals surface area contributed by atoms with Crippen molar-refractivity contribution >= 4 is 23.6 Å². The molecule has 4 heterocycles. The molecule has 1 fully saturated rings. The summed E-state index contributed by atoms with van der Waals surface area (Å²) in [5.41, 5.74) is 0.247. The predicted octanol–water partition coefficient (Wildman–Crippen LogP) is 4.42. The molecule has 5 rings (SSSR count). The molecule has 1 atom stereocenters. The van der Waals surface area contributed by atoms with Gasteiger partial charge >= 0.3 is 11.3 Å². The van der Waals surface area contributed by atoms with Gasteiger partial charge in [-0.15, -0.1) is 0 Å². The van der Waals surface area contributed by atoms with Crippen LogP contribution in [0, 0.1) is 5.92 Å². The molecule has 2 aliphatic heterocycles. The molecule has 0 saturated heterocycles. The predicted molar refractivity (Wildman–Crippen MR) is 155 cm³/mol. The van der Waals surface area contributed by atoms with Crippen LogP contribution in [0.25, 0.3) is 0 Å². The normalized spacial score (nSPS) is 17.1. The van der Waals surface area contributed by atoms with E-state index in [4.69, 9.17) is 8.83 Å². The molecule has 3 aliphatic rings. The number of carbonyl (C=O) groups excluding carboxylic acids is 4. The number of fused-ring (bicyclic) bond motifs is 2. The quantitative estimate of drug-likeness (QED) is 0.332. The standard InChI is InChI=1S/C17H20FNO4.C15H17F2NO4/c1-10(18)9-19-14(20)8-13-16(17(19)22)12(7-15(21)23-13)4-2-3-11-5-6-11;1-3-4-5-9-6-12(20)22-10-7-11(19)18(8-15(2,16)17)14(21)13(9)10/h7,10-11H,2-6,8-9H2,1H3;6H,3-5,7-8H2,1-2H3. The van der Waals surface area contributed by atoms with E-state index in [-0.39, 0.29) is 42.0 Å². The Balaban J connectivity index is 0.000000205. The van der Waals surface area contributed by atoms with E-state index in [1.807, 2.05) is 6.92 Å². The molecule has 2 aromatic rings. The molecule has 10 nitrogen and oxygen atoms in total. The molecule has 1 aliphatic carbocycles. The second-order valence-electron chi connectivity index (χ2n) is 12.0. The number of alkyl halides is 3. The van der Waals surface area contributed by atoms with E-state index in [0.29, 0.717) is 35.8 Å². The molecule has 0 radical (unpaired) electrons. The number of amides is 4. The molecule has 45 heavy (non-hydrogen) atoms. The fourth-order valence-corrected chi connectivity index (χ4v) is 5.54. The van der Waals surface area contributed by atoms with Crippen LogP contribution in [0.1, 0.15) is 103 Å². The monoisotopic (exact) mass is 634 g/mol. The van der Waals surface area contributed by atoms with Crippen LogP contribution in [0.3, 0.4) is 0 Å². The maximum atomic E-state index is 13.3. The largest absolute Gasteiger partial charge is 0.426 e. The van der Waals surface area contributed by atoms with Gasteiger partial charge in [0.25, 0.3) is 17.7 Å². The van der Waals surface area contributed by atoms with Crippen molar-refractivity contribution in [1.29, 1.82) is 0 Å². The maximum absolute atomic E-state index is 13.3. The molecule has 244 valence electrons. The van der Waals surface area contributed by atoms with Crippen molar-refractivity contribution in [3.8, 4) is 0 Å². The molecule has 1 saturated carbocycles. The van der Waals surface area contributed by atoms with Crippen molar-refractivity contribution in [2.75, 3.05) is 13.1 Å². The lowest BCUT2D eigenvalue weighted by Crippen LogP contribution is -2.48. The Morgan fingerprint density at radius 1 is 0.844 bits per heavy atom. The second kappa shape index (κ2) is 13.9. The van der Waals surface area contributed by atoms with Crippen molar-refractivity contribution in [2.24, 2.45) is 5.92 Å². The maximum Gasteiger partial charge on any atom is 0.336 e. The Morgan fingerprint density at radius 3 is 1.80 bits per heavy atom. The molecule has 0 bridgehead atoms. The van der Waals surface area contributed by atoms with Crippen molar-refractivity contribution in [3.63, 3.8) is 0 Å². The third-order valence-electron chi connectivity index (χ3n) is 7.80. The van der Waals surface area contributed by atoms with Gasteiger partial charge in [-0.05, 0) is 49.7 Å². The zero-order valence-electron chi connectivity index (χ0n) is 25.6. The van der Waals surface area contributed by atoms with Gasteiger partial charge in [0, 0.05) is 19.1 Å². The van der Waals surface area contributed by atoms with E-state index >= 15 is 0 Å². The summed E-state index contributed by atoms with van der Waals surface area (Å²) in [6.45, 7) is 2.66. The number of aryl methyl sites for hydroxylation is 2. The highest BCUT2D eigenvalue weighted by atomic mass is 19.3. The Morgan fingerprint density at radius 2 is 1.33 bits per heavy atom. The summed E-state index contributed by atoms with van der Waals surface area (Å²) in [6, 6.07) is 2.53. The number of halogens is 3. The Bertz CT molecular complexity index is 1590. The van der Waals surface area contributed by atoms with Gasteiger partial charge in [-0.1, -0.05) is 32.6 Å². The topological polar surface area (TPSA) is 135 Å². The highest BCUT2D eigenvalue weighted by molar-refractivity contribution is 6.10. The molecular formula is C32H37F3N2O8. The van der Waals surface area contributed by atoms with Gasteiger partial charge in [0.1, 0.15) is 17.7 Å². The fraction of sp³-hybridized carbons (Fsp3) is 0.562. The minimum absolute atomic E-state index is 0.0238. The van der Waals surface area contributed by atoms with E-state index in [9.17, 15) is 41.9 Å². The van der Waals surface area contributed by atoms with Crippen molar-refractivity contribution < 1.29 is 41.2 Å². The van der Waals surface area contributed by atoms with Gasteiger partial charge in [-0.25, -0.2) is 22.8 Å². The Hall–Kier alpha value is -4.03. The van der Waals surface area contributed by atoms with Crippen molar-refractivity contribution in [1.82, 2.24) is 9.80 Å². The van der Waals surface area contributed by atoms with Crippen LogP contribution >= 0.6 is 0 Å². The molecular weight excluding hydrogens is 597 g/mol. The summed E-state index contributed by atoms with van der Waals surface area (Å²) in [4.78, 5) is 73.6. The van der Waals surface area contributed by atoms with Crippen LogP contribution in [0.4, 0.5) is 13.2 Å². The molecule has 2 aromatic heterocycles. The number of imide groups is 2. The highest BCUT2D eigenvalue weighted by Crippen LogP contribution is 2.34. The van der Waals surface area contributed by atoms with Crippen LogP contribution < -0.4 is 11.3 Å². The summed E-state index contributed by atoms with van der Waals surface area (Å²) < 4.78 is 49.6.